The van der Waals surface area contributed by atoms with Gasteiger partial charge in [0.1, 0.15) is 5.15 Å². The Morgan fingerprint density at radius 2 is 2.03 bits per heavy atom. The van der Waals surface area contributed by atoms with Crippen LogP contribution in [0.3, 0.4) is 0 Å². The van der Waals surface area contributed by atoms with Crippen molar-refractivity contribution in [3.63, 3.8) is 0 Å². The maximum atomic E-state index is 12.9. The van der Waals surface area contributed by atoms with E-state index in [9.17, 15) is 14.4 Å². The van der Waals surface area contributed by atoms with E-state index < -0.39 is 0 Å². The van der Waals surface area contributed by atoms with Crippen LogP contribution < -0.4 is 10.2 Å². The number of hydrogen-bond donors (Lipinski definition) is 2. The lowest BCUT2D eigenvalue weighted by Crippen LogP contribution is -3.05. The summed E-state index contributed by atoms with van der Waals surface area (Å²) in [5.41, 5.74) is 0.527. The summed E-state index contributed by atoms with van der Waals surface area (Å²) >= 11 is 5.93. The SMILES string of the molecule is CC[C@H]1CN(C(=O)c2ccnc(Cl)c2)CC[C@H]1CC(=O)N(CC)C(=O)NCCC[NH+](C)C. The number of nitrogens with zero attached hydrogens (tertiary/aromatic N) is 3. The van der Waals surface area contributed by atoms with Crippen LogP contribution in [0.25, 0.3) is 0 Å². The highest BCUT2D eigenvalue weighted by Gasteiger charge is 2.33. The number of aromatic nitrogens is 1. The van der Waals surface area contributed by atoms with E-state index in [0.29, 0.717) is 43.3 Å². The molecule has 0 spiro atoms. The van der Waals surface area contributed by atoms with Crippen molar-refractivity contribution in [3.8, 4) is 0 Å². The Morgan fingerprint density at radius 1 is 1.28 bits per heavy atom. The number of urea groups is 1. The zero-order valence-corrected chi connectivity index (χ0v) is 20.5. The van der Waals surface area contributed by atoms with Crippen molar-refractivity contribution < 1.29 is 19.3 Å². The van der Waals surface area contributed by atoms with E-state index in [2.05, 4.69) is 31.3 Å². The van der Waals surface area contributed by atoms with Gasteiger partial charge in [-0.1, -0.05) is 24.9 Å². The molecule has 0 aliphatic carbocycles. The number of likely N-dealkylation sites (tertiary alicyclic amines) is 1. The highest BCUT2D eigenvalue weighted by Crippen LogP contribution is 2.30. The number of pyridine rings is 1. The van der Waals surface area contributed by atoms with Gasteiger partial charge in [-0.25, -0.2) is 9.78 Å². The van der Waals surface area contributed by atoms with E-state index >= 15 is 0 Å². The molecule has 0 unspecified atom stereocenters. The second-order valence-corrected chi connectivity index (χ2v) is 9.11. The quantitative estimate of drug-likeness (QED) is 0.428. The number of amides is 4. The number of nitrogens with one attached hydrogen (secondary N) is 2. The maximum absolute atomic E-state index is 12.9. The van der Waals surface area contributed by atoms with Crippen LogP contribution in [0.5, 0.6) is 0 Å². The predicted molar refractivity (Wildman–Crippen MR) is 125 cm³/mol. The van der Waals surface area contributed by atoms with Crippen LogP contribution in [-0.2, 0) is 4.79 Å². The largest absolute Gasteiger partial charge is 0.340 e. The van der Waals surface area contributed by atoms with E-state index in [4.69, 9.17) is 11.6 Å². The molecule has 1 aromatic heterocycles. The van der Waals surface area contributed by atoms with Crippen molar-refractivity contribution in [1.29, 1.82) is 0 Å². The van der Waals surface area contributed by atoms with Crippen molar-refractivity contribution >= 4 is 29.4 Å². The van der Waals surface area contributed by atoms with Crippen molar-refractivity contribution in [1.82, 2.24) is 20.1 Å². The third kappa shape index (κ3) is 7.45. The third-order valence-electron chi connectivity index (χ3n) is 6.11. The molecule has 1 saturated heterocycles. The summed E-state index contributed by atoms with van der Waals surface area (Å²) in [7, 11) is 4.14. The number of imide groups is 1. The maximum Gasteiger partial charge on any atom is 0.324 e. The molecule has 8 nitrogen and oxygen atoms in total. The summed E-state index contributed by atoms with van der Waals surface area (Å²) in [6, 6.07) is 2.93. The summed E-state index contributed by atoms with van der Waals surface area (Å²) in [6.07, 6.45) is 4.32. The van der Waals surface area contributed by atoms with Gasteiger partial charge in [-0.2, -0.15) is 0 Å². The van der Waals surface area contributed by atoms with Crippen LogP contribution in [0.2, 0.25) is 5.15 Å². The van der Waals surface area contributed by atoms with Gasteiger partial charge in [-0.15, -0.1) is 0 Å². The summed E-state index contributed by atoms with van der Waals surface area (Å²) < 4.78 is 0. The van der Waals surface area contributed by atoms with Gasteiger partial charge in [0.2, 0.25) is 5.91 Å². The number of rotatable bonds is 9. The first-order valence-corrected chi connectivity index (χ1v) is 11.9. The van der Waals surface area contributed by atoms with Gasteiger partial charge in [0, 0.05) is 50.8 Å². The number of quaternary nitrogens is 1. The fourth-order valence-electron chi connectivity index (χ4n) is 4.21. The van der Waals surface area contributed by atoms with Crippen molar-refractivity contribution in [2.45, 2.75) is 39.5 Å². The molecule has 0 aromatic carbocycles. The van der Waals surface area contributed by atoms with Gasteiger partial charge in [-0.3, -0.25) is 14.5 Å². The summed E-state index contributed by atoms with van der Waals surface area (Å²) in [4.78, 5) is 46.7. The Bertz CT molecular complexity index is 789. The Hall–Kier alpha value is -2.19. The summed E-state index contributed by atoms with van der Waals surface area (Å²) in [5, 5.41) is 3.16. The molecule has 1 fully saturated rings. The van der Waals surface area contributed by atoms with Crippen molar-refractivity contribution in [2.24, 2.45) is 11.8 Å². The van der Waals surface area contributed by atoms with E-state index in [0.717, 1.165) is 25.8 Å². The Kier molecular flexibility index (Phi) is 10.4. The molecule has 1 aromatic rings. The number of piperidine rings is 1. The molecule has 178 valence electrons. The van der Waals surface area contributed by atoms with Crippen LogP contribution in [0.1, 0.15) is 49.9 Å². The van der Waals surface area contributed by atoms with E-state index in [1.807, 2.05) is 11.8 Å². The van der Waals surface area contributed by atoms with Crippen LogP contribution in [0.15, 0.2) is 18.3 Å². The van der Waals surface area contributed by atoms with E-state index in [-0.39, 0.29) is 29.7 Å². The lowest BCUT2D eigenvalue weighted by molar-refractivity contribution is -0.858. The normalized spacial score (nSPS) is 18.5. The first-order valence-electron chi connectivity index (χ1n) is 11.5. The minimum absolute atomic E-state index is 0.0633. The minimum atomic E-state index is -0.318. The lowest BCUT2D eigenvalue weighted by Gasteiger charge is -2.38. The average molecular weight is 467 g/mol. The topological polar surface area (TPSA) is 87.1 Å². The Labute approximate surface area is 196 Å². The van der Waals surface area contributed by atoms with Gasteiger partial charge < -0.3 is 15.1 Å². The molecule has 9 heteroatoms. The summed E-state index contributed by atoms with van der Waals surface area (Å²) in [5.74, 6) is 0.148. The van der Waals surface area contributed by atoms with Crippen LogP contribution in [0.4, 0.5) is 4.79 Å². The fraction of sp³-hybridized carbons (Fsp3) is 0.652. The minimum Gasteiger partial charge on any atom is -0.340 e. The lowest BCUT2D eigenvalue weighted by atomic mass is 9.81. The molecular formula is C23H37ClN5O3+. The van der Waals surface area contributed by atoms with E-state index in [1.54, 1.807) is 12.1 Å². The molecule has 1 aliphatic rings. The number of hydrogen-bond acceptors (Lipinski definition) is 4. The molecule has 2 atom stereocenters. The Balaban J connectivity index is 1.92. The first kappa shape index (κ1) is 26.1. The van der Waals surface area contributed by atoms with Crippen LogP contribution in [-0.4, -0.2) is 79.4 Å². The second kappa shape index (κ2) is 12.7. The van der Waals surface area contributed by atoms with Gasteiger partial charge in [-0.05, 0) is 37.3 Å². The molecule has 2 N–H and O–H groups in total. The van der Waals surface area contributed by atoms with Gasteiger partial charge >= 0.3 is 6.03 Å². The molecule has 0 bridgehead atoms. The summed E-state index contributed by atoms with van der Waals surface area (Å²) in [6.45, 7) is 6.94. The molecule has 0 radical (unpaired) electrons. The van der Waals surface area contributed by atoms with Crippen LogP contribution in [0, 0.1) is 11.8 Å². The smallest absolute Gasteiger partial charge is 0.324 e. The average Bonchev–Trinajstić information content (AvgIpc) is 2.76. The highest BCUT2D eigenvalue weighted by atomic mass is 35.5. The predicted octanol–water partition coefficient (Wildman–Crippen LogP) is 1.71. The zero-order chi connectivity index (χ0) is 23.7. The van der Waals surface area contributed by atoms with Crippen molar-refractivity contribution in [2.75, 3.05) is 46.8 Å². The van der Waals surface area contributed by atoms with E-state index in [1.165, 1.54) is 16.0 Å². The monoisotopic (exact) mass is 466 g/mol. The zero-order valence-electron chi connectivity index (χ0n) is 19.7. The number of carbonyl (C=O) groups excluding carboxylic acids is 3. The molecule has 2 rings (SSSR count). The molecule has 2 heterocycles. The second-order valence-electron chi connectivity index (χ2n) is 8.72. The molecule has 32 heavy (non-hydrogen) atoms. The first-order chi connectivity index (χ1) is 15.3. The van der Waals surface area contributed by atoms with Crippen molar-refractivity contribution in [3.05, 3.63) is 29.0 Å². The number of carbonyl (C=O) groups is 3. The molecule has 4 amide bonds. The molecule has 0 saturated carbocycles. The van der Waals surface area contributed by atoms with Crippen LogP contribution >= 0.6 is 11.6 Å². The van der Waals surface area contributed by atoms with Gasteiger partial charge in [0.15, 0.2) is 0 Å². The molecular weight excluding hydrogens is 430 g/mol. The number of halogens is 1. The third-order valence-corrected chi connectivity index (χ3v) is 6.31. The highest BCUT2D eigenvalue weighted by molar-refractivity contribution is 6.29. The Morgan fingerprint density at radius 3 is 2.66 bits per heavy atom. The van der Waals surface area contributed by atoms with Gasteiger partial charge in [0.05, 0.1) is 20.6 Å². The fourth-order valence-corrected chi connectivity index (χ4v) is 4.39. The molecule has 1 aliphatic heterocycles. The van der Waals surface area contributed by atoms with Gasteiger partial charge in [0.25, 0.3) is 5.91 Å². The standard InChI is InChI=1S/C23H36ClN5O3/c1-5-17-16-28(22(31)19-8-11-25-20(24)14-19)13-9-18(17)15-21(30)29(6-2)23(32)26-10-7-12-27(3)4/h8,11,14,17-18H,5-7,9-10,12-13,15-16H2,1-4H3,(H,26,32)/p+1/t17-,18-/m0/s1.